The predicted octanol–water partition coefficient (Wildman–Crippen LogP) is 1.68. The van der Waals surface area contributed by atoms with Crippen molar-refractivity contribution in [2.45, 2.75) is 13.8 Å². The van der Waals surface area contributed by atoms with Crippen molar-refractivity contribution in [2.24, 2.45) is 5.92 Å². The second-order valence-corrected chi connectivity index (χ2v) is 2.31. The highest BCUT2D eigenvalue weighted by atomic mass is 16.5. The summed E-state index contributed by atoms with van der Waals surface area (Å²) in [5, 5.41) is 3.64. The third-order valence-corrected chi connectivity index (χ3v) is 0.927. The molecule has 10 heavy (non-hydrogen) atoms. The molecule has 0 saturated carbocycles. The van der Waals surface area contributed by atoms with Gasteiger partial charge >= 0.3 is 0 Å². The molecule has 2 nitrogen and oxygen atoms in total. The van der Waals surface area contributed by atoms with Gasteiger partial charge in [0, 0.05) is 12.0 Å². The zero-order valence-electron chi connectivity index (χ0n) is 6.09. The molecule has 2 heteroatoms. The smallest absolute Gasteiger partial charge is 0.156 e. The van der Waals surface area contributed by atoms with Crippen molar-refractivity contribution < 1.29 is 4.52 Å². The zero-order chi connectivity index (χ0) is 7.40. The lowest BCUT2D eigenvalue weighted by Gasteiger charge is -1.83. The van der Waals surface area contributed by atoms with Gasteiger partial charge in [0.25, 0.3) is 0 Å². The highest BCUT2D eigenvalue weighted by molar-refractivity contribution is 5.24. The van der Waals surface area contributed by atoms with Crippen LogP contribution in [-0.4, -0.2) is 5.16 Å². The molecule has 0 aliphatic heterocycles. The molecule has 0 amide bonds. The van der Waals surface area contributed by atoms with E-state index < -0.39 is 0 Å². The van der Waals surface area contributed by atoms with Gasteiger partial charge in [-0.2, -0.15) is 0 Å². The topological polar surface area (TPSA) is 26.0 Å². The van der Waals surface area contributed by atoms with Gasteiger partial charge in [0.1, 0.15) is 6.26 Å². The molecule has 0 N–H and O–H groups in total. The van der Waals surface area contributed by atoms with Crippen molar-refractivity contribution in [2.75, 3.05) is 0 Å². The molecule has 0 aliphatic rings. The summed E-state index contributed by atoms with van der Waals surface area (Å²) >= 11 is 0. The first kappa shape index (κ1) is 6.88. The second kappa shape index (κ2) is 3.07. The first-order valence-corrected chi connectivity index (χ1v) is 3.21. The largest absolute Gasteiger partial charge is 0.363 e. The highest BCUT2D eigenvalue weighted by Crippen LogP contribution is 1.92. The van der Waals surface area contributed by atoms with Gasteiger partial charge in [-0.3, -0.25) is 0 Å². The third-order valence-electron chi connectivity index (χ3n) is 0.927. The lowest BCUT2D eigenvalue weighted by atomic mass is 10.2. The van der Waals surface area contributed by atoms with Crippen LogP contribution < -0.4 is 0 Å². The van der Waals surface area contributed by atoms with Crippen molar-refractivity contribution in [3.05, 3.63) is 18.0 Å². The van der Waals surface area contributed by atoms with E-state index >= 15 is 0 Å². The zero-order valence-corrected chi connectivity index (χ0v) is 6.09. The molecule has 1 aromatic rings. The maximum Gasteiger partial charge on any atom is 0.156 e. The molecule has 1 rings (SSSR count). The minimum Gasteiger partial charge on any atom is -0.363 e. The molecule has 0 unspecified atom stereocenters. The summed E-state index contributed by atoms with van der Waals surface area (Å²) in [7, 11) is 0. The van der Waals surface area contributed by atoms with Gasteiger partial charge in [0.2, 0.25) is 0 Å². The van der Waals surface area contributed by atoms with Crippen molar-refractivity contribution in [1.82, 2.24) is 5.16 Å². The van der Waals surface area contributed by atoms with Crippen LogP contribution in [0.3, 0.4) is 0 Å². The van der Waals surface area contributed by atoms with E-state index in [-0.39, 0.29) is 0 Å². The fourth-order valence-corrected chi connectivity index (χ4v) is 0.495. The van der Waals surface area contributed by atoms with Gasteiger partial charge in [0.15, 0.2) is 5.69 Å². The monoisotopic (exact) mass is 135 g/mol. The fourth-order valence-electron chi connectivity index (χ4n) is 0.495. The Kier molecular flexibility index (Phi) is 2.11. The van der Waals surface area contributed by atoms with Crippen molar-refractivity contribution in [1.29, 1.82) is 0 Å². The van der Waals surface area contributed by atoms with Gasteiger partial charge in [-0.05, 0) is 5.92 Å². The lowest BCUT2D eigenvalue weighted by molar-refractivity contribution is 0.418. The van der Waals surface area contributed by atoms with Crippen LogP contribution in [-0.2, 0) is 0 Å². The summed E-state index contributed by atoms with van der Waals surface area (Å²) in [5.41, 5.74) is 0.703. The molecule has 0 bridgehead atoms. The van der Waals surface area contributed by atoms with E-state index in [4.69, 9.17) is 0 Å². The molecule has 0 aromatic carbocycles. The molecule has 0 spiro atoms. The summed E-state index contributed by atoms with van der Waals surface area (Å²) in [4.78, 5) is 0. The number of hydrogen-bond acceptors (Lipinski definition) is 2. The summed E-state index contributed by atoms with van der Waals surface area (Å²) in [6, 6.07) is 1.75. The molecule has 0 saturated heterocycles. The molecule has 0 atom stereocenters. The van der Waals surface area contributed by atoms with Crippen LogP contribution in [0.15, 0.2) is 16.9 Å². The second-order valence-electron chi connectivity index (χ2n) is 2.31. The van der Waals surface area contributed by atoms with Gasteiger partial charge in [0.05, 0.1) is 0 Å². The first-order valence-electron chi connectivity index (χ1n) is 3.21. The maximum atomic E-state index is 4.59. The van der Waals surface area contributed by atoms with Crippen LogP contribution in [0.25, 0.3) is 0 Å². The Labute approximate surface area is 60.2 Å². The van der Waals surface area contributed by atoms with Crippen molar-refractivity contribution in [3.8, 4) is 11.8 Å². The van der Waals surface area contributed by atoms with Crippen molar-refractivity contribution in [3.63, 3.8) is 0 Å². The fraction of sp³-hybridized carbons (Fsp3) is 0.375. The average molecular weight is 135 g/mol. The van der Waals surface area contributed by atoms with E-state index in [9.17, 15) is 0 Å². The average Bonchev–Trinajstić information content (AvgIpc) is 2.34. The third kappa shape index (κ3) is 1.94. The minimum atomic E-state index is 0.386. The number of aromatic nitrogens is 1. The predicted molar refractivity (Wildman–Crippen MR) is 38.2 cm³/mol. The quantitative estimate of drug-likeness (QED) is 0.506. The molecule has 0 aliphatic carbocycles. The molecular weight excluding hydrogens is 126 g/mol. The van der Waals surface area contributed by atoms with Crippen LogP contribution in [0.2, 0.25) is 0 Å². The van der Waals surface area contributed by atoms with E-state index in [1.54, 1.807) is 6.07 Å². The van der Waals surface area contributed by atoms with E-state index in [2.05, 4.69) is 21.5 Å². The van der Waals surface area contributed by atoms with Gasteiger partial charge < -0.3 is 4.52 Å². The van der Waals surface area contributed by atoms with Crippen molar-refractivity contribution >= 4 is 0 Å². The van der Waals surface area contributed by atoms with E-state index in [0.717, 1.165) is 0 Å². The van der Waals surface area contributed by atoms with Crippen LogP contribution in [0.1, 0.15) is 19.5 Å². The van der Waals surface area contributed by atoms with E-state index in [1.807, 2.05) is 13.8 Å². The van der Waals surface area contributed by atoms with Gasteiger partial charge in [-0.1, -0.05) is 24.9 Å². The molecule has 0 fully saturated rings. The standard InChI is InChI=1S/C8H9NO/c1-7(2)3-4-8-5-6-10-9-8/h5-7H,1-2H3. The lowest BCUT2D eigenvalue weighted by Crippen LogP contribution is -1.78. The Morgan fingerprint density at radius 3 is 2.90 bits per heavy atom. The molecular formula is C8H9NO. The summed E-state index contributed by atoms with van der Waals surface area (Å²) in [6.45, 7) is 4.07. The van der Waals surface area contributed by atoms with Gasteiger partial charge in [-0.15, -0.1) is 0 Å². The number of hydrogen-bond donors (Lipinski definition) is 0. The Morgan fingerprint density at radius 1 is 1.60 bits per heavy atom. The maximum absolute atomic E-state index is 4.59. The summed E-state index contributed by atoms with van der Waals surface area (Å²) < 4.78 is 4.59. The number of rotatable bonds is 0. The van der Waals surface area contributed by atoms with Gasteiger partial charge in [-0.25, -0.2) is 0 Å². The van der Waals surface area contributed by atoms with Crippen LogP contribution in [0.5, 0.6) is 0 Å². The van der Waals surface area contributed by atoms with Crippen LogP contribution >= 0.6 is 0 Å². The van der Waals surface area contributed by atoms with E-state index in [1.165, 1.54) is 6.26 Å². The first-order chi connectivity index (χ1) is 4.79. The summed E-state index contributed by atoms with van der Waals surface area (Å²) in [6.07, 6.45) is 1.52. The Balaban J connectivity index is 2.66. The highest BCUT2D eigenvalue weighted by Gasteiger charge is 1.87. The summed E-state index contributed by atoms with van der Waals surface area (Å²) in [5.74, 6) is 6.23. The Morgan fingerprint density at radius 2 is 2.40 bits per heavy atom. The number of nitrogens with zero attached hydrogens (tertiary/aromatic N) is 1. The molecule has 1 aromatic heterocycles. The molecule has 52 valence electrons. The molecule has 0 radical (unpaired) electrons. The van der Waals surface area contributed by atoms with Crippen LogP contribution in [0.4, 0.5) is 0 Å². The molecule has 1 heterocycles. The minimum absolute atomic E-state index is 0.386. The Hall–Kier alpha value is -1.23. The van der Waals surface area contributed by atoms with E-state index in [0.29, 0.717) is 11.6 Å². The SMILES string of the molecule is CC(C)C#Cc1ccon1. The normalized spacial score (nSPS) is 9.10. The Bertz CT molecular complexity index is 238. The van der Waals surface area contributed by atoms with Crippen LogP contribution in [0, 0.1) is 17.8 Å².